The molecule has 0 amide bonds. The number of benzene rings is 2. The molecular formula is C23H32N2O6S. The summed E-state index contributed by atoms with van der Waals surface area (Å²) in [6, 6.07) is 14.1. The van der Waals surface area contributed by atoms with Gasteiger partial charge in [-0.2, -0.15) is 4.31 Å². The zero-order valence-electron chi connectivity index (χ0n) is 18.6. The maximum Gasteiger partial charge on any atom is 0.243 e. The molecule has 9 heteroatoms. The van der Waals surface area contributed by atoms with Gasteiger partial charge in [0.05, 0.1) is 37.9 Å². The van der Waals surface area contributed by atoms with Crippen molar-refractivity contribution in [3.05, 3.63) is 54.1 Å². The van der Waals surface area contributed by atoms with Crippen molar-refractivity contribution >= 4 is 10.0 Å². The molecule has 1 aliphatic rings. The van der Waals surface area contributed by atoms with Gasteiger partial charge in [0, 0.05) is 32.7 Å². The largest absolute Gasteiger partial charge is 0.497 e. The summed E-state index contributed by atoms with van der Waals surface area (Å²) in [6.07, 6.45) is -0.637. The highest BCUT2D eigenvalue weighted by atomic mass is 32.2. The van der Waals surface area contributed by atoms with Gasteiger partial charge in [-0.15, -0.1) is 0 Å². The number of ether oxygens (including phenoxy) is 3. The van der Waals surface area contributed by atoms with E-state index in [-0.39, 0.29) is 11.5 Å². The van der Waals surface area contributed by atoms with Gasteiger partial charge in [-0.25, -0.2) is 8.42 Å². The van der Waals surface area contributed by atoms with Crippen molar-refractivity contribution in [3.8, 4) is 11.5 Å². The Labute approximate surface area is 190 Å². The number of sulfonamides is 1. The molecule has 176 valence electrons. The van der Waals surface area contributed by atoms with E-state index in [0.29, 0.717) is 51.7 Å². The van der Waals surface area contributed by atoms with Crippen molar-refractivity contribution in [1.82, 2.24) is 9.21 Å². The number of aliphatic hydroxyl groups excluding tert-OH is 1. The van der Waals surface area contributed by atoms with Gasteiger partial charge in [0.25, 0.3) is 0 Å². The summed E-state index contributed by atoms with van der Waals surface area (Å²) in [5.74, 6) is 1.44. The molecule has 0 aromatic heterocycles. The molecule has 1 saturated heterocycles. The van der Waals surface area contributed by atoms with Gasteiger partial charge < -0.3 is 19.3 Å². The van der Waals surface area contributed by atoms with Gasteiger partial charge in [0.1, 0.15) is 11.5 Å². The second kappa shape index (κ2) is 11.6. The normalized spacial score (nSPS) is 16.6. The molecule has 0 spiro atoms. The Bertz CT molecular complexity index is 926. The van der Waals surface area contributed by atoms with E-state index in [1.54, 1.807) is 31.4 Å². The molecule has 0 aliphatic carbocycles. The van der Waals surface area contributed by atoms with Crippen molar-refractivity contribution in [3.63, 3.8) is 0 Å². The Kier molecular flexibility index (Phi) is 8.89. The van der Waals surface area contributed by atoms with E-state index in [1.807, 2.05) is 31.2 Å². The van der Waals surface area contributed by atoms with E-state index in [0.717, 1.165) is 11.3 Å². The predicted molar refractivity (Wildman–Crippen MR) is 121 cm³/mol. The molecule has 0 bridgehead atoms. The maximum absolute atomic E-state index is 12.9. The van der Waals surface area contributed by atoms with Gasteiger partial charge in [-0.05, 0) is 48.9 Å². The fourth-order valence-electron chi connectivity index (χ4n) is 3.56. The van der Waals surface area contributed by atoms with Crippen LogP contribution in [0.25, 0.3) is 0 Å². The Morgan fingerprint density at radius 3 is 2.19 bits per heavy atom. The lowest BCUT2D eigenvalue weighted by Crippen LogP contribution is -2.50. The average molecular weight is 465 g/mol. The van der Waals surface area contributed by atoms with Gasteiger partial charge >= 0.3 is 0 Å². The van der Waals surface area contributed by atoms with Crippen molar-refractivity contribution in [2.45, 2.75) is 24.5 Å². The average Bonchev–Trinajstić information content (AvgIpc) is 2.80. The standard InChI is InChI=1S/C23H32N2O6S/c1-3-31-22-8-10-23(11-9-22)32(27,28)25-14-12-24(13-15-25)16-20(26)18-30-17-19-4-6-21(29-2)7-5-19/h4-11,20,26H,3,12-18H2,1-2H3/t20-/m1/s1. The topological polar surface area (TPSA) is 88.5 Å². The Balaban J connectivity index is 1.41. The zero-order chi connectivity index (χ0) is 23.0. The zero-order valence-corrected chi connectivity index (χ0v) is 19.5. The molecular weight excluding hydrogens is 432 g/mol. The first kappa shape index (κ1) is 24.5. The highest BCUT2D eigenvalue weighted by Gasteiger charge is 2.29. The number of hydrogen-bond acceptors (Lipinski definition) is 7. The molecule has 32 heavy (non-hydrogen) atoms. The number of β-amino-alcohol motifs (C(OH)–C–C–N with tert-alkyl or cyclic N) is 1. The van der Waals surface area contributed by atoms with Crippen molar-refractivity contribution in [1.29, 1.82) is 0 Å². The minimum Gasteiger partial charge on any atom is -0.497 e. The SMILES string of the molecule is CCOc1ccc(S(=O)(=O)N2CCN(C[C@@H](O)COCc3ccc(OC)cc3)CC2)cc1. The molecule has 0 radical (unpaired) electrons. The first-order valence-electron chi connectivity index (χ1n) is 10.8. The molecule has 1 heterocycles. The molecule has 1 aliphatic heterocycles. The van der Waals surface area contributed by atoms with Crippen LogP contribution in [0.5, 0.6) is 11.5 Å². The fourth-order valence-corrected chi connectivity index (χ4v) is 4.98. The second-order valence-electron chi connectivity index (χ2n) is 7.63. The molecule has 8 nitrogen and oxygen atoms in total. The Morgan fingerprint density at radius 2 is 1.59 bits per heavy atom. The summed E-state index contributed by atoms with van der Waals surface area (Å²) < 4.78 is 43.4. The molecule has 0 unspecified atom stereocenters. The van der Waals surface area contributed by atoms with Crippen LogP contribution >= 0.6 is 0 Å². The molecule has 3 rings (SSSR count). The smallest absolute Gasteiger partial charge is 0.243 e. The van der Waals surface area contributed by atoms with E-state index in [1.165, 1.54) is 4.31 Å². The van der Waals surface area contributed by atoms with Crippen LogP contribution in [0, 0.1) is 0 Å². The van der Waals surface area contributed by atoms with Crippen LogP contribution in [0.3, 0.4) is 0 Å². The van der Waals surface area contributed by atoms with Crippen LogP contribution in [0.15, 0.2) is 53.4 Å². The molecule has 2 aromatic rings. The minimum absolute atomic E-state index is 0.219. The number of rotatable bonds is 11. The number of methoxy groups -OCH3 is 1. The van der Waals surface area contributed by atoms with Crippen molar-refractivity contribution in [2.24, 2.45) is 0 Å². The third-order valence-corrected chi connectivity index (χ3v) is 7.22. The highest BCUT2D eigenvalue weighted by Crippen LogP contribution is 2.21. The second-order valence-corrected chi connectivity index (χ2v) is 9.56. The quantitative estimate of drug-likeness (QED) is 0.544. The van der Waals surface area contributed by atoms with Crippen LogP contribution in [0.2, 0.25) is 0 Å². The van der Waals surface area contributed by atoms with Gasteiger partial charge in [0.2, 0.25) is 10.0 Å². The molecule has 1 fully saturated rings. The van der Waals surface area contributed by atoms with Crippen LogP contribution in [0.1, 0.15) is 12.5 Å². The van der Waals surface area contributed by atoms with Gasteiger partial charge in [0.15, 0.2) is 0 Å². The number of aliphatic hydroxyl groups is 1. The molecule has 1 atom stereocenters. The van der Waals surface area contributed by atoms with E-state index in [9.17, 15) is 13.5 Å². The van der Waals surface area contributed by atoms with E-state index in [2.05, 4.69) is 4.90 Å². The highest BCUT2D eigenvalue weighted by molar-refractivity contribution is 7.89. The van der Waals surface area contributed by atoms with E-state index >= 15 is 0 Å². The van der Waals surface area contributed by atoms with Gasteiger partial charge in [-0.3, -0.25) is 4.90 Å². The van der Waals surface area contributed by atoms with Crippen LogP contribution in [-0.4, -0.2) is 81.9 Å². The maximum atomic E-state index is 12.9. The van der Waals surface area contributed by atoms with Gasteiger partial charge in [-0.1, -0.05) is 12.1 Å². The molecule has 1 N–H and O–H groups in total. The summed E-state index contributed by atoms with van der Waals surface area (Å²) in [5, 5.41) is 10.3. The van der Waals surface area contributed by atoms with Crippen molar-refractivity contribution in [2.75, 3.05) is 53.0 Å². The first-order valence-corrected chi connectivity index (χ1v) is 12.2. The van der Waals surface area contributed by atoms with Crippen LogP contribution in [-0.2, 0) is 21.4 Å². The number of nitrogens with zero attached hydrogens (tertiary/aromatic N) is 2. The van der Waals surface area contributed by atoms with E-state index < -0.39 is 16.1 Å². The lowest BCUT2D eigenvalue weighted by molar-refractivity contribution is 0.00538. The summed E-state index contributed by atoms with van der Waals surface area (Å²) in [6.45, 7) is 5.38. The predicted octanol–water partition coefficient (Wildman–Crippen LogP) is 1.98. The Hall–Kier alpha value is -2.17. The summed E-state index contributed by atoms with van der Waals surface area (Å²) in [4.78, 5) is 2.33. The fraction of sp³-hybridized carbons (Fsp3) is 0.478. The summed E-state index contributed by atoms with van der Waals surface area (Å²) >= 11 is 0. The number of piperazine rings is 1. The van der Waals surface area contributed by atoms with Crippen LogP contribution < -0.4 is 9.47 Å². The summed E-state index contributed by atoms with van der Waals surface area (Å²) in [5.41, 5.74) is 1.01. The third kappa shape index (κ3) is 6.66. The molecule has 0 saturated carbocycles. The van der Waals surface area contributed by atoms with Crippen molar-refractivity contribution < 1.29 is 27.7 Å². The van der Waals surface area contributed by atoms with E-state index in [4.69, 9.17) is 14.2 Å². The summed E-state index contributed by atoms with van der Waals surface area (Å²) in [7, 11) is -1.92. The lowest BCUT2D eigenvalue weighted by atomic mass is 10.2. The number of hydrogen-bond donors (Lipinski definition) is 1. The monoisotopic (exact) mass is 464 g/mol. The Morgan fingerprint density at radius 1 is 0.969 bits per heavy atom. The minimum atomic E-state index is -3.54. The lowest BCUT2D eigenvalue weighted by Gasteiger charge is -2.34. The molecule has 2 aromatic carbocycles. The first-order chi connectivity index (χ1) is 15.4. The third-order valence-electron chi connectivity index (χ3n) is 5.31. The van der Waals surface area contributed by atoms with Crippen LogP contribution in [0.4, 0.5) is 0 Å².